The van der Waals surface area contributed by atoms with Crippen LogP contribution in [-0.2, 0) is 4.74 Å². The molecule has 2 rings (SSSR count). The number of hydrogen-bond donors (Lipinski definition) is 1. The predicted molar refractivity (Wildman–Crippen MR) is 68.9 cm³/mol. The van der Waals surface area contributed by atoms with Crippen LogP contribution in [0.1, 0.15) is 15.9 Å². The van der Waals surface area contributed by atoms with Crippen molar-refractivity contribution in [2.75, 3.05) is 26.3 Å². The fourth-order valence-electron chi connectivity index (χ4n) is 2.02. The molecule has 1 atom stereocenters. The lowest BCUT2D eigenvalue weighted by molar-refractivity contribution is -0.0447. The molecule has 1 fully saturated rings. The fourth-order valence-corrected chi connectivity index (χ4v) is 2.20. The second-order valence-electron chi connectivity index (χ2n) is 4.34. The van der Waals surface area contributed by atoms with Crippen molar-refractivity contribution in [3.63, 3.8) is 0 Å². The summed E-state index contributed by atoms with van der Waals surface area (Å²) in [5, 5.41) is 9.67. The maximum atomic E-state index is 12.4. The van der Waals surface area contributed by atoms with Gasteiger partial charge in [-0.15, -0.1) is 0 Å². The van der Waals surface area contributed by atoms with Crippen LogP contribution in [0.5, 0.6) is 0 Å². The Labute approximate surface area is 111 Å². The van der Waals surface area contributed by atoms with Crippen LogP contribution in [0.2, 0.25) is 5.02 Å². The molecule has 1 aliphatic heterocycles. The Morgan fingerprint density at radius 2 is 2.39 bits per heavy atom. The highest BCUT2D eigenvalue weighted by molar-refractivity contribution is 6.31. The third-order valence-electron chi connectivity index (χ3n) is 3.13. The lowest BCUT2D eigenvalue weighted by Crippen LogP contribution is -2.47. The summed E-state index contributed by atoms with van der Waals surface area (Å²) in [7, 11) is 0. The van der Waals surface area contributed by atoms with Gasteiger partial charge in [-0.3, -0.25) is 4.79 Å². The van der Waals surface area contributed by atoms with Crippen molar-refractivity contribution in [1.29, 1.82) is 0 Å². The van der Waals surface area contributed by atoms with Crippen LogP contribution in [0.25, 0.3) is 0 Å². The molecule has 18 heavy (non-hydrogen) atoms. The molecule has 0 radical (unpaired) electrons. The Morgan fingerprint density at radius 1 is 1.61 bits per heavy atom. The fraction of sp³-hybridized carbons (Fsp3) is 0.462. The second-order valence-corrected chi connectivity index (χ2v) is 4.75. The van der Waals surface area contributed by atoms with Gasteiger partial charge in [-0.05, 0) is 24.6 Å². The highest BCUT2D eigenvalue weighted by Crippen LogP contribution is 2.21. The van der Waals surface area contributed by atoms with Crippen molar-refractivity contribution in [2.24, 2.45) is 0 Å². The van der Waals surface area contributed by atoms with Gasteiger partial charge in [-0.1, -0.05) is 17.7 Å². The summed E-state index contributed by atoms with van der Waals surface area (Å²) in [4.78, 5) is 14.1. The molecular weight excluding hydrogens is 254 g/mol. The van der Waals surface area contributed by atoms with E-state index < -0.39 is 0 Å². The largest absolute Gasteiger partial charge is 0.394 e. The summed E-state index contributed by atoms with van der Waals surface area (Å²) in [6, 6.07) is 5.31. The van der Waals surface area contributed by atoms with E-state index in [-0.39, 0.29) is 18.6 Å². The number of amides is 1. The Morgan fingerprint density at radius 3 is 3.11 bits per heavy atom. The first-order chi connectivity index (χ1) is 8.63. The van der Waals surface area contributed by atoms with E-state index in [0.717, 1.165) is 5.56 Å². The minimum Gasteiger partial charge on any atom is -0.394 e. The highest BCUT2D eigenvalue weighted by atomic mass is 35.5. The zero-order chi connectivity index (χ0) is 13.1. The molecule has 1 N–H and O–H groups in total. The van der Waals surface area contributed by atoms with E-state index in [1.807, 2.05) is 6.92 Å². The van der Waals surface area contributed by atoms with Crippen molar-refractivity contribution in [3.05, 3.63) is 34.3 Å². The third kappa shape index (κ3) is 2.66. The smallest absolute Gasteiger partial charge is 0.254 e. The van der Waals surface area contributed by atoms with Gasteiger partial charge >= 0.3 is 0 Å². The molecule has 0 bridgehead atoms. The summed E-state index contributed by atoms with van der Waals surface area (Å²) >= 11 is 6.02. The van der Waals surface area contributed by atoms with E-state index in [0.29, 0.717) is 30.3 Å². The maximum absolute atomic E-state index is 12.4. The molecule has 1 unspecified atom stereocenters. The first-order valence-corrected chi connectivity index (χ1v) is 6.28. The van der Waals surface area contributed by atoms with E-state index in [2.05, 4.69) is 0 Å². The molecule has 1 amide bonds. The van der Waals surface area contributed by atoms with E-state index >= 15 is 0 Å². The Balaban J connectivity index is 2.18. The van der Waals surface area contributed by atoms with Crippen LogP contribution < -0.4 is 0 Å². The molecule has 1 saturated heterocycles. The Bertz CT molecular complexity index is 450. The number of morpholine rings is 1. The molecule has 0 saturated carbocycles. The molecule has 1 aliphatic rings. The number of ether oxygens (including phenoxy) is 1. The zero-order valence-electron chi connectivity index (χ0n) is 10.2. The van der Waals surface area contributed by atoms with Gasteiger partial charge < -0.3 is 14.7 Å². The normalized spacial score (nSPS) is 19.9. The second kappa shape index (κ2) is 5.69. The number of benzene rings is 1. The molecular formula is C13H16ClNO3. The summed E-state index contributed by atoms with van der Waals surface area (Å²) in [5.41, 5.74) is 1.40. The van der Waals surface area contributed by atoms with E-state index in [1.54, 1.807) is 23.1 Å². The van der Waals surface area contributed by atoms with Gasteiger partial charge in [0.25, 0.3) is 5.91 Å². The van der Waals surface area contributed by atoms with Gasteiger partial charge in [0.05, 0.1) is 19.3 Å². The minimum absolute atomic E-state index is 0.0586. The van der Waals surface area contributed by atoms with Crippen LogP contribution in [0.15, 0.2) is 18.2 Å². The first-order valence-electron chi connectivity index (χ1n) is 5.90. The summed E-state index contributed by atoms with van der Waals surface area (Å²) in [6.45, 7) is 3.18. The lowest BCUT2D eigenvalue weighted by Gasteiger charge is -2.32. The van der Waals surface area contributed by atoms with Gasteiger partial charge in [0.2, 0.25) is 0 Å². The molecule has 0 aromatic heterocycles. The quantitative estimate of drug-likeness (QED) is 0.885. The third-order valence-corrected chi connectivity index (χ3v) is 3.54. The van der Waals surface area contributed by atoms with E-state index in [9.17, 15) is 4.79 Å². The van der Waals surface area contributed by atoms with Gasteiger partial charge in [-0.25, -0.2) is 0 Å². The number of carbonyl (C=O) groups is 1. The molecule has 98 valence electrons. The minimum atomic E-state index is -0.290. The average molecular weight is 270 g/mol. The van der Waals surface area contributed by atoms with Crippen LogP contribution in [-0.4, -0.2) is 48.3 Å². The monoisotopic (exact) mass is 269 g/mol. The predicted octanol–water partition coefficient (Wildman–Crippen LogP) is 1.48. The SMILES string of the molecule is Cc1c(Cl)cccc1C(=O)N1CCOC(CO)C1. The highest BCUT2D eigenvalue weighted by Gasteiger charge is 2.25. The number of halogens is 1. The molecule has 1 aromatic rings. The van der Waals surface area contributed by atoms with Crippen molar-refractivity contribution < 1.29 is 14.6 Å². The molecule has 0 spiro atoms. The van der Waals surface area contributed by atoms with Gasteiger partial charge in [0.1, 0.15) is 0 Å². The first kappa shape index (κ1) is 13.3. The van der Waals surface area contributed by atoms with Crippen molar-refractivity contribution in [1.82, 2.24) is 4.90 Å². The summed E-state index contributed by atoms with van der Waals surface area (Å²) in [5.74, 6) is -0.0586. The summed E-state index contributed by atoms with van der Waals surface area (Å²) in [6.07, 6.45) is -0.290. The number of carbonyl (C=O) groups excluding carboxylic acids is 1. The Kier molecular flexibility index (Phi) is 4.22. The van der Waals surface area contributed by atoms with Gasteiger partial charge in [-0.2, -0.15) is 0 Å². The number of aliphatic hydroxyl groups excluding tert-OH is 1. The van der Waals surface area contributed by atoms with Crippen molar-refractivity contribution >= 4 is 17.5 Å². The van der Waals surface area contributed by atoms with Crippen LogP contribution in [0.4, 0.5) is 0 Å². The zero-order valence-corrected chi connectivity index (χ0v) is 11.0. The van der Waals surface area contributed by atoms with Crippen LogP contribution >= 0.6 is 11.6 Å². The van der Waals surface area contributed by atoms with Gasteiger partial charge in [0, 0.05) is 23.7 Å². The molecule has 4 nitrogen and oxygen atoms in total. The molecule has 5 heteroatoms. The number of hydrogen-bond acceptors (Lipinski definition) is 3. The van der Waals surface area contributed by atoms with Gasteiger partial charge in [0.15, 0.2) is 0 Å². The maximum Gasteiger partial charge on any atom is 0.254 e. The lowest BCUT2D eigenvalue weighted by atomic mass is 10.1. The van der Waals surface area contributed by atoms with Crippen molar-refractivity contribution in [3.8, 4) is 0 Å². The average Bonchev–Trinajstić information content (AvgIpc) is 2.41. The number of nitrogens with zero attached hydrogens (tertiary/aromatic N) is 1. The van der Waals surface area contributed by atoms with E-state index in [4.69, 9.17) is 21.4 Å². The molecule has 1 heterocycles. The molecule has 1 aromatic carbocycles. The molecule has 0 aliphatic carbocycles. The van der Waals surface area contributed by atoms with Crippen LogP contribution in [0, 0.1) is 6.92 Å². The van der Waals surface area contributed by atoms with E-state index in [1.165, 1.54) is 0 Å². The standard InChI is InChI=1S/C13H16ClNO3/c1-9-11(3-2-4-12(9)14)13(17)15-5-6-18-10(7-15)8-16/h2-4,10,16H,5-8H2,1H3. The summed E-state index contributed by atoms with van der Waals surface area (Å²) < 4.78 is 5.33. The topological polar surface area (TPSA) is 49.8 Å². The Hall–Kier alpha value is -1.10. The number of aliphatic hydroxyl groups is 1. The van der Waals surface area contributed by atoms with Crippen LogP contribution in [0.3, 0.4) is 0 Å². The number of rotatable bonds is 2. The van der Waals surface area contributed by atoms with Crippen molar-refractivity contribution in [2.45, 2.75) is 13.0 Å².